The van der Waals surface area contributed by atoms with Crippen molar-refractivity contribution < 1.29 is 4.74 Å². The molecular formula is C10H21NO. The van der Waals surface area contributed by atoms with Gasteiger partial charge in [-0.15, -0.1) is 0 Å². The van der Waals surface area contributed by atoms with Crippen LogP contribution in [0.4, 0.5) is 0 Å². The molecule has 0 saturated carbocycles. The molecule has 0 aromatic heterocycles. The Kier molecular flexibility index (Phi) is 5.18. The van der Waals surface area contributed by atoms with Gasteiger partial charge >= 0.3 is 0 Å². The molecular weight excluding hydrogens is 150 g/mol. The molecule has 0 rings (SSSR count). The fraction of sp³-hybridized carbons (Fsp3) is 0.800. The van der Waals surface area contributed by atoms with Gasteiger partial charge < -0.3 is 10.1 Å². The molecule has 0 aliphatic rings. The lowest BCUT2D eigenvalue weighted by atomic mass is 10.1. The van der Waals surface area contributed by atoms with Crippen LogP contribution in [-0.2, 0) is 4.74 Å². The van der Waals surface area contributed by atoms with E-state index < -0.39 is 0 Å². The molecule has 0 aliphatic heterocycles. The van der Waals surface area contributed by atoms with Crippen LogP contribution >= 0.6 is 0 Å². The zero-order chi connectivity index (χ0) is 9.61. The highest BCUT2D eigenvalue weighted by molar-refractivity contribution is 4.94. The zero-order valence-electron chi connectivity index (χ0n) is 8.90. The van der Waals surface area contributed by atoms with Gasteiger partial charge in [0.05, 0.1) is 5.60 Å². The monoisotopic (exact) mass is 171 g/mol. The van der Waals surface area contributed by atoms with Crippen LogP contribution in [0.1, 0.15) is 27.7 Å². The number of rotatable bonds is 5. The molecule has 2 nitrogen and oxygen atoms in total. The first kappa shape index (κ1) is 11.7. The van der Waals surface area contributed by atoms with Crippen molar-refractivity contribution in [2.75, 3.05) is 20.2 Å². The van der Waals surface area contributed by atoms with E-state index in [0.717, 1.165) is 13.1 Å². The molecule has 0 spiro atoms. The van der Waals surface area contributed by atoms with Crippen molar-refractivity contribution in [1.29, 1.82) is 0 Å². The molecule has 0 radical (unpaired) electrons. The topological polar surface area (TPSA) is 21.3 Å². The number of nitrogens with one attached hydrogen (secondary N) is 1. The summed E-state index contributed by atoms with van der Waals surface area (Å²) in [6, 6.07) is 0. The minimum Gasteiger partial charge on any atom is -0.377 e. The molecule has 0 heterocycles. The number of ether oxygens (including phenoxy) is 1. The largest absolute Gasteiger partial charge is 0.377 e. The second-order valence-electron chi connectivity index (χ2n) is 3.88. The predicted molar refractivity (Wildman–Crippen MR) is 53.4 cm³/mol. The van der Waals surface area contributed by atoms with E-state index in [-0.39, 0.29) is 5.60 Å². The Hall–Kier alpha value is -0.340. The Morgan fingerprint density at radius 3 is 2.42 bits per heavy atom. The van der Waals surface area contributed by atoms with Crippen LogP contribution in [0.15, 0.2) is 11.6 Å². The standard InChI is InChI=1S/C10H21NO/c1-9(2)6-7-11-8-10(3,4)12-5/h6,11H,7-8H2,1-5H3. The highest BCUT2D eigenvalue weighted by Crippen LogP contribution is 2.04. The van der Waals surface area contributed by atoms with Crippen LogP contribution in [0.2, 0.25) is 0 Å². The third kappa shape index (κ3) is 6.38. The van der Waals surface area contributed by atoms with Gasteiger partial charge in [-0.3, -0.25) is 0 Å². The average Bonchev–Trinajstić information content (AvgIpc) is 1.98. The second-order valence-corrected chi connectivity index (χ2v) is 3.88. The van der Waals surface area contributed by atoms with Crippen molar-refractivity contribution >= 4 is 0 Å². The van der Waals surface area contributed by atoms with Crippen LogP contribution < -0.4 is 5.32 Å². The summed E-state index contributed by atoms with van der Waals surface area (Å²) in [5.74, 6) is 0. The van der Waals surface area contributed by atoms with Crippen molar-refractivity contribution in [3.63, 3.8) is 0 Å². The van der Waals surface area contributed by atoms with Crippen molar-refractivity contribution in [2.24, 2.45) is 0 Å². The minimum atomic E-state index is -0.0600. The second kappa shape index (κ2) is 5.33. The van der Waals surface area contributed by atoms with Gasteiger partial charge in [0.15, 0.2) is 0 Å². The Bertz CT molecular complexity index is 146. The van der Waals surface area contributed by atoms with Crippen LogP contribution in [0, 0.1) is 0 Å². The van der Waals surface area contributed by atoms with Gasteiger partial charge in [0.2, 0.25) is 0 Å². The lowest BCUT2D eigenvalue weighted by Gasteiger charge is -2.22. The maximum Gasteiger partial charge on any atom is 0.0746 e. The van der Waals surface area contributed by atoms with Crippen molar-refractivity contribution in [3.8, 4) is 0 Å². The number of allylic oxidation sites excluding steroid dienone is 1. The summed E-state index contributed by atoms with van der Waals surface area (Å²) in [7, 11) is 1.74. The summed E-state index contributed by atoms with van der Waals surface area (Å²) >= 11 is 0. The lowest BCUT2D eigenvalue weighted by molar-refractivity contribution is 0.0241. The van der Waals surface area contributed by atoms with Crippen molar-refractivity contribution in [2.45, 2.75) is 33.3 Å². The third-order valence-corrected chi connectivity index (χ3v) is 1.76. The summed E-state index contributed by atoms with van der Waals surface area (Å²) in [6.07, 6.45) is 2.17. The first-order valence-electron chi connectivity index (χ1n) is 4.37. The van der Waals surface area contributed by atoms with Crippen LogP contribution in [-0.4, -0.2) is 25.8 Å². The molecule has 0 amide bonds. The fourth-order valence-corrected chi connectivity index (χ4v) is 0.722. The van der Waals surface area contributed by atoms with Crippen LogP contribution in [0.25, 0.3) is 0 Å². The predicted octanol–water partition coefficient (Wildman–Crippen LogP) is 1.97. The SMILES string of the molecule is COC(C)(C)CNCC=C(C)C. The van der Waals surface area contributed by atoms with E-state index in [4.69, 9.17) is 4.74 Å². The van der Waals surface area contributed by atoms with E-state index in [9.17, 15) is 0 Å². The van der Waals surface area contributed by atoms with Gasteiger partial charge in [0.1, 0.15) is 0 Å². The van der Waals surface area contributed by atoms with E-state index >= 15 is 0 Å². The molecule has 0 aliphatic carbocycles. The summed E-state index contributed by atoms with van der Waals surface area (Å²) in [4.78, 5) is 0. The highest BCUT2D eigenvalue weighted by Gasteiger charge is 2.14. The Labute approximate surface area is 76.0 Å². The summed E-state index contributed by atoms with van der Waals surface area (Å²) < 4.78 is 5.26. The normalized spacial score (nSPS) is 11.4. The van der Waals surface area contributed by atoms with E-state index in [1.54, 1.807) is 7.11 Å². The van der Waals surface area contributed by atoms with Gasteiger partial charge in [-0.1, -0.05) is 11.6 Å². The lowest BCUT2D eigenvalue weighted by Crippen LogP contribution is -2.36. The smallest absolute Gasteiger partial charge is 0.0746 e. The Morgan fingerprint density at radius 2 is 2.00 bits per heavy atom. The fourth-order valence-electron chi connectivity index (χ4n) is 0.722. The zero-order valence-corrected chi connectivity index (χ0v) is 8.90. The van der Waals surface area contributed by atoms with Gasteiger partial charge in [-0.2, -0.15) is 0 Å². The summed E-state index contributed by atoms with van der Waals surface area (Å²) in [5.41, 5.74) is 1.29. The molecule has 0 unspecified atom stereocenters. The summed E-state index contributed by atoms with van der Waals surface area (Å²) in [5, 5.41) is 3.31. The minimum absolute atomic E-state index is 0.0600. The molecule has 0 fully saturated rings. The summed E-state index contributed by atoms with van der Waals surface area (Å²) in [6.45, 7) is 10.2. The van der Waals surface area contributed by atoms with E-state index in [2.05, 4.69) is 39.1 Å². The molecule has 72 valence electrons. The van der Waals surface area contributed by atoms with Gasteiger partial charge in [0, 0.05) is 20.2 Å². The number of methoxy groups -OCH3 is 1. The molecule has 0 bridgehead atoms. The number of hydrogen-bond donors (Lipinski definition) is 1. The molecule has 1 N–H and O–H groups in total. The van der Waals surface area contributed by atoms with Gasteiger partial charge in [0.25, 0.3) is 0 Å². The highest BCUT2D eigenvalue weighted by atomic mass is 16.5. The van der Waals surface area contributed by atoms with Gasteiger partial charge in [-0.05, 0) is 27.7 Å². The quantitative estimate of drug-likeness (QED) is 0.504. The van der Waals surface area contributed by atoms with Crippen molar-refractivity contribution in [3.05, 3.63) is 11.6 Å². The molecule has 0 saturated heterocycles. The molecule has 12 heavy (non-hydrogen) atoms. The third-order valence-electron chi connectivity index (χ3n) is 1.76. The molecule has 2 heteroatoms. The first-order chi connectivity index (χ1) is 5.48. The average molecular weight is 171 g/mol. The maximum atomic E-state index is 5.26. The van der Waals surface area contributed by atoms with E-state index in [0.29, 0.717) is 0 Å². The van der Waals surface area contributed by atoms with E-state index in [1.807, 2.05) is 0 Å². The molecule has 0 aromatic rings. The molecule has 0 aromatic carbocycles. The van der Waals surface area contributed by atoms with E-state index in [1.165, 1.54) is 5.57 Å². The Balaban J connectivity index is 3.50. The van der Waals surface area contributed by atoms with Gasteiger partial charge in [-0.25, -0.2) is 0 Å². The van der Waals surface area contributed by atoms with Crippen LogP contribution in [0.3, 0.4) is 0 Å². The first-order valence-corrected chi connectivity index (χ1v) is 4.37. The molecule has 0 atom stereocenters. The Morgan fingerprint density at radius 1 is 1.42 bits per heavy atom. The van der Waals surface area contributed by atoms with Crippen molar-refractivity contribution in [1.82, 2.24) is 5.32 Å². The number of hydrogen-bond acceptors (Lipinski definition) is 2. The van der Waals surface area contributed by atoms with Crippen LogP contribution in [0.5, 0.6) is 0 Å². The maximum absolute atomic E-state index is 5.26.